The van der Waals surface area contributed by atoms with Gasteiger partial charge in [-0.1, -0.05) is 31.9 Å². The molecular weight excluding hydrogens is 246 g/mol. The van der Waals surface area contributed by atoms with Crippen molar-refractivity contribution >= 4 is 11.0 Å². The minimum absolute atomic E-state index is 0.315. The highest BCUT2D eigenvalue weighted by molar-refractivity contribution is 5.75. The van der Waals surface area contributed by atoms with Crippen LogP contribution in [-0.4, -0.2) is 15.1 Å². The van der Waals surface area contributed by atoms with Gasteiger partial charge in [0, 0.05) is 12.1 Å². The Morgan fingerprint density at radius 1 is 1.25 bits per heavy atom. The Morgan fingerprint density at radius 3 is 2.75 bits per heavy atom. The fraction of sp³-hybridized carbons (Fsp3) is 0.588. The molecule has 1 aromatic carbocycles. The molecule has 0 atom stereocenters. The molecule has 2 aromatic rings. The molecule has 0 amide bonds. The second-order valence-corrected chi connectivity index (χ2v) is 6.29. The zero-order valence-corrected chi connectivity index (χ0v) is 12.7. The summed E-state index contributed by atoms with van der Waals surface area (Å²) in [7, 11) is 0. The molecule has 1 aliphatic carbocycles. The first-order chi connectivity index (χ1) is 9.72. The maximum atomic E-state index is 4.82. The van der Waals surface area contributed by atoms with Gasteiger partial charge in [-0.05, 0) is 38.3 Å². The first kappa shape index (κ1) is 13.6. The van der Waals surface area contributed by atoms with E-state index in [0.717, 1.165) is 25.0 Å². The fourth-order valence-electron chi connectivity index (χ4n) is 3.36. The van der Waals surface area contributed by atoms with Crippen molar-refractivity contribution in [3.05, 3.63) is 30.1 Å². The molecule has 3 heteroatoms. The SMILES string of the molecule is CCCn1c(CNC2(C)CCCC2)nc2ccccc21. The van der Waals surface area contributed by atoms with Crippen LogP contribution in [0.25, 0.3) is 11.0 Å². The summed E-state index contributed by atoms with van der Waals surface area (Å²) in [6.45, 7) is 6.51. The van der Waals surface area contributed by atoms with Crippen molar-refractivity contribution < 1.29 is 0 Å². The Kier molecular flexibility index (Phi) is 3.79. The van der Waals surface area contributed by atoms with Gasteiger partial charge in [-0.3, -0.25) is 0 Å². The number of aromatic nitrogens is 2. The summed E-state index contributed by atoms with van der Waals surface area (Å²) in [5, 5.41) is 3.75. The number of fused-ring (bicyclic) bond motifs is 1. The molecule has 1 aromatic heterocycles. The highest BCUT2D eigenvalue weighted by Crippen LogP contribution is 2.29. The van der Waals surface area contributed by atoms with E-state index in [-0.39, 0.29) is 0 Å². The van der Waals surface area contributed by atoms with Crippen LogP contribution in [0.3, 0.4) is 0 Å². The average molecular weight is 271 g/mol. The molecule has 1 heterocycles. The molecular formula is C17H25N3. The highest BCUT2D eigenvalue weighted by Gasteiger charge is 2.28. The molecule has 1 N–H and O–H groups in total. The highest BCUT2D eigenvalue weighted by atomic mass is 15.1. The summed E-state index contributed by atoms with van der Waals surface area (Å²) in [5.74, 6) is 1.18. The fourth-order valence-corrected chi connectivity index (χ4v) is 3.36. The van der Waals surface area contributed by atoms with Crippen LogP contribution in [0.1, 0.15) is 51.8 Å². The van der Waals surface area contributed by atoms with Crippen molar-refractivity contribution in [2.24, 2.45) is 0 Å². The molecule has 1 fully saturated rings. The maximum absolute atomic E-state index is 4.82. The third-order valence-corrected chi connectivity index (χ3v) is 4.56. The summed E-state index contributed by atoms with van der Waals surface area (Å²) in [5.41, 5.74) is 2.70. The third kappa shape index (κ3) is 2.59. The Hall–Kier alpha value is -1.35. The Bertz CT molecular complexity index is 579. The van der Waals surface area contributed by atoms with E-state index < -0.39 is 0 Å². The number of hydrogen-bond acceptors (Lipinski definition) is 2. The summed E-state index contributed by atoms with van der Waals surface area (Å²) < 4.78 is 2.38. The predicted octanol–water partition coefficient (Wildman–Crippen LogP) is 3.87. The van der Waals surface area contributed by atoms with Crippen LogP contribution in [0.5, 0.6) is 0 Å². The van der Waals surface area contributed by atoms with E-state index in [2.05, 4.69) is 48.0 Å². The zero-order valence-electron chi connectivity index (χ0n) is 12.7. The van der Waals surface area contributed by atoms with Crippen LogP contribution in [-0.2, 0) is 13.1 Å². The minimum atomic E-state index is 0.315. The van der Waals surface area contributed by atoms with E-state index in [4.69, 9.17) is 4.98 Å². The molecule has 0 bridgehead atoms. The molecule has 1 aliphatic rings. The maximum Gasteiger partial charge on any atom is 0.123 e. The number of benzene rings is 1. The lowest BCUT2D eigenvalue weighted by Crippen LogP contribution is -2.39. The molecule has 0 saturated heterocycles. The molecule has 0 radical (unpaired) electrons. The van der Waals surface area contributed by atoms with E-state index in [1.807, 2.05) is 0 Å². The van der Waals surface area contributed by atoms with Crippen LogP contribution in [0.4, 0.5) is 0 Å². The Balaban J connectivity index is 1.84. The first-order valence-electron chi connectivity index (χ1n) is 7.91. The van der Waals surface area contributed by atoms with Crippen molar-refractivity contribution in [3.8, 4) is 0 Å². The molecule has 108 valence electrons. The Morgan fingerprint density at radius 2 is 2.00 bits per heavy atom. The normalized spacial score (nSPS) is 17.9. The van der Waals surface area contributed by atoms with Crippen molar-refractivity contribution in [2.45, 2.75) is 64.6 Å². The van der Waals surface area contributed by atoms with Gasteiger partial charge in [0.1, 0.15) is 5.82 Å². The lowest BCUT2D eigenvalue weighted by molar-refractivity contribution is 0.355. The van der Waals surface area contributed by atoms with Crippen molar-refractivity contribution in [1.29, 1.82) is 0 Å². The van der Waals surface area contributed by atoms with E-state index in [1.165, 1.54) is 37.0 Å². The largest absolute Gasteiger partial charge is 0.327 e. The number of nitrogens with one attached hydrogen (secondary N) is 1. The Labute approximate surface area is 121 Å². The van der Waals surface area contributed by atoms with E-state index in [0.29, 0.717) is 5.54 Å². The van der Waals surface area contributed by atoms with Gasteiger partial charge in [0.15, 0.2) is 0 Å². The topological polar surface area (TPSA) is 29.9 Å². The van der Waals surface area contributed by atoms with E-state index in [1.54, 1.807) is 0 Å². The number of para-hydroxylation sites is 2. The van der Waals surface area contributed by atoms with E-state index in [9.17, 15) is 0 Å². The van der Waals surface area contributed by atoms with Gasteiger partial charge >= 0.3 is 0 Å². The molecule has 1 saturated carbocycles. The number of nitrogens with zero attached hydrogens (tertiary/aromatic N) is 2. The molecule has 20 heavy (non-hydrogen) atoms. The summed E-state index contributed by atoms with van der Waals surface area (Å²) >= 11 is 0. The quantitative estimate of drug-likeness (QED) is 0.894. The number of hydrogen-bond donors (Lipinski definition) is 1. The molecule has 0 unspecified atom stereocenters. The predicted molar refractivity (Wildman–Crippen MR) is 83.7 cm³/mol. The van der Waals surface area contributed by atoms with E-state index >= 15 is 0 Å². The van der Waals surface area contributed by atoms with Crippen molar-refractivity contribution in [1.82, 2.24) is 14.9 Å². The second kappa shape index (κ2) is 5.57. The average Bonchev–Trinajstić information content (AvgIpc) is 3.03. The zero-order chi connectivity index (χ0) is 14.0. The van der Waals surface area contributed by atoms with Crippen LogP contribution >= 0.6 is 0 Å². The first-order valence-corrected chi connectivity index (χ1v) is 7.91. The molecule has 0 aliphatic heterocycles. The van der Waals surface area contributed by atoms with Crippen LogP contribution in [0, 0.1) is 0 Å². The van der Waals surface area contributed by atoms with Gasteiger partial charge in [0.2, 0.25) is 0 Å². The van der Waals surface area contributed by atoms with Crippen LogP contribution in [0.15, 0.2) is 24.3 Å². The van der Waals surface area contributed by atoms with Gasteiger partial charge in [-0.15, -0.1) is 0 Å². The van der Waals surface area contributed by atoms with Crippen LogP contribution in [0.2, 0.25) is 0 Å². The number of rotatable bonds is 5. The minimum Gasteiger partial charge on any atom is -0.327 e. The summed E-state index contributed by atoms with van der Waals surface area (Å²) in [6.07, 6.45) is 6.44. The smallest absolute Gasteiger partial charge is 0.123 e. The molecule has 3 rings (SSSR count). The monoisotopic (exact) mass is 271 g/mol. The molecule has 0 spiro atoms. The summed E-state index contributed by atoms with van der Waals surface area (Å²) in [6, 6.07) is 8.47. The lowest BCUT2D eigenvalue weighted by atomic mass is 10.0. The standard InChI is InChI=1S/C17H25N3/c1-3-12-20-15-9-5-4-8-14(15)19-16(20)13-18-17(2)10-6-7-11-17/h4-5,8-9,18H,3,6-7,10-13H2,1-2H3. The van der Waals surface area contributed by atoms with Gasteiger partial charge in [-0.2, -0.15) is 0 Å². The van der Waals surface area contributed by atoms with Crippen LogP contribution < -0.4 is 5.32 Å². The lowest BCUT2D eigenvalue weighted by Gasteiger charge is -2.25. The van der Waals surface area contributed by atoms with Gasteiger partial charge < -0.3 is 9.88 Å². The van der Waals surface area contributed by atoms with Crippen molar-refractivity contribution in [2.75, 3.05) is 0 Å². The number of aryl methyl sites for hydroxylation is 1. The van der Waals surface area contributed by atoms with Gasteiger partial charge in [-0.25, -0.2) is 4.98 Å². The van der Waals surface area contributed by atoms with Gasteiger partial charge in [0.05, 0.1) is 17.6 Å². The third-order valence-electron chi connectivity index (χ3n) is 4.56. The number of imidazole rings is 1. The van der Waals surface area contributed by atoms with Crippen molar-refractivity contribution in [3.63, 3.8) is 0 Å². The molecule has 3 nitrogen and oxygen atoms in total. The summed E-state index contributed by atoms with van der Waals surface area (Å²) in [4.78, 5) is 4.82. The van der Waals surface area contributed by atoms with Gasteiger partial charge in [0.25, 0.3) is 0 Å². The second-order valence-electron chi connectivity index (χ2n) is 6.29.